The number of hydrogen-bond acceptors (Lipinski definition) is 3. The molecule has 4 heteroatoms. The lowest BCUT2D eigenvalue weighted by molar-refractivity contribution is 0.0819. The van der Waals surface area contributed by atoms with E-state index in [1.807, 2.05) is 13.2 Å². The zero-order valence-electron chi connectivity index (χ0n) is 12.5. The molecule has 1 heterocycles. The molecule has 1 aromatic rings. The summed E-state index contributed by atoms with van der Waals surface area (Å²) in [7, 11) is 1.81. The largest absolute Gasteiger partial charge is 0.381 e. The van der Waals surface area contributed by atoms with Gasteiger partial charge in [0.2, 0.25) is 0 Å². The molecule has 0 amide bonds. The SMILES string of the molecule is CCCNCc1cc(Cl)ccc1N1CCC(OC)CC1. The van der Waals surface area contributed by atoms with E-state index in [9.17, 15) is 0 Å². The van der Waals surface area contributed by atoms with E-state index in [4.69, 9.17) is 16.3 Å². The molecule has 1 fully saturated rings. The highest BCUT2D eigenvalue weighted by Crippen LogP contribution is 2.27. The quantitative estimate of drug-likeness (QED) is 0.814. The molecule has 112 valence electrons. The summed E-state index contributed by atoms with van der Waals surface area (Å²) < 4.78 is 5.44. The van der Waals surface area contributed by atoms with Gasteiger partial charge in [-0.2, -0.15) is 0 Å². The third-order valence-electron chi connectivity index (χ3n) is 3.90. The minimum absolute atomic E-state index is 0.417. The van der Waals surface area contributed by atoms with Crippen molar-refractivity contribution in [2.75, 3.05) is 31.6 Å². The second-order valence-electron chi connectivity index (χ2n) is 5.37. The van der Waals surface area contributed by atoms with Crippen molar-refractivity contribution in [3.8, 4) is 0 Å². The lowest BCUT2D eigenvalue weighted by atomic mass is 10.0. The van der Waals surface area contributed by atoms with E-state index in [2.05, 4.69) is 29.3 Å². The van der Waals surface area contributed by atoms with Gasteiger partial charge in [0.25, 0.3) is 0 Å². The summed E-state index contributed by atoms with van der Waals surface area (Å²) in [6.45, 7) is 6.22. The first-order valence-corrected chi connectivity index (χ1v) is 7.89. The zero-order valence-corrected chi connectivity index (χ0v) is 13.2. The Morgan fingerprint density at radius 2 is 2.10 bits per heavy atom. The Bertz CT molecular complexity index is 417. The van der Waals surface area contributed by atoms with Gasteiger partial charge in [0.1, 0.15) is 0 Å². The Balaban J connectivity index is 2.06. The minimum atomic E-state index is 0.417. The van der Waals surface area contributed by atoms with E-state index in [1.165, 1.54) is 11.3 Å². The van der Waals surface area contributed by atoms with E-state index in [0.29, 0.717) is 6.10 Å². The van der Waals surface area contributed by atoms with Crippen LogP contribution < -0.4 is 10.2 Å². The number of piperidine rings is 1. The summed E-state index contributed by atoms with van der Waals surface area (Å²) in [5, 5.41) is 4.28. The van der Waals surface area contributed by atoms with Gasteiger partial charge in [-0.05, 0) is 49.6 Å². The van der Waals surface area contributed by atoms with E-state index in [0.717, 1.165) is 50.5 Å². The standard InChI is InChI=1S/C16H25ClN2O/c1-3-8-18-12-13-11-14(17)4-5-16(13)19-9-6-15(20-2)7-10-19/h4-5,11,15,18H,3,6-10,12H2,1-2H3. The lowest BCUT2D eigenvalue weighted by Crippen LogP contribution is -2.37. The second kappa shape index (κ2) is 7.87. The van der Waals surface area contributed by atoms with Gasteiger partial charge in [-0.15, -0.1) is 0 Å². The fraction of sp³-hybridized carbons (Fsp3) is 0.625. The van der Waals surface area contributed by atoms with Crippen LogP contribution in [-0.4, -0.2) is 32.8 Å². The molecule has 0 bridgehead atoms. The van der Waals surface area contributed by atoms with Gasteiger partial charge in [-0.1, -0.05) is 18.5 Å². The van der Waals surface area contributed by atoms with Crippen molar-refractivity contribution in [2.24, 2.45) is 0 Å². The Labute approximate surface area is 127 Å². The molecule has 0 aliphatic carbocycles. The normalized spacial score (nSPS) is 16.6. The molecule has 2 rings (SSSR count). The molecule has 20 heavy (non-hydrogen) atoms. The highest BCUT2D eigenvalue weighted by Gasteiger charge is 2.20. The van der Waals surface area contributed by atoms with Crippen LogP contribution in [0.4, 0.5) is 5.69 Å². The van der Waals surface area contributed by atoms with Crippen molar-refractivity contribution < 1.29 is 4.74 Å². The summed E-state index contributed by atoms with van der Waals surface area (Å²) in [6.07, 6.45) is 3.76. The number of ether oxygens (including phenoxy) is 1. The topological polar surface area (TPSA) is 24.5 Å². The smallest absolute Gasteiger partial charge is 0.0605 e. The van der Waals surface area contributed by atoms with E-state index in [1.54, 1.807) is 0 Å². The molecule has 0 aromatic heterocycles. The Morgan fingerprint density at radius 3 is 2.75 bits per heavy atom. The lowest BCUT2D eigenvalue weighted by Gasteiger charge is -2.34. The maximum atomic E-state index is 6.15. The number of hydrogen-bond donors (Lipinski definition) is 1. The van der Waals surface area contributed by atoms with E-state index >= 15 is 0 Å². The fourth-order valence-electron chi connectivity index (χ4n) is 2.74. The molecule has 1 N–H and O–H groups in total. The Hall–Kier alpha value is -0.770. The van der Waals surface area contributed by atoms with Gasteiger partial charge in [0, 0.05) is 37.5 Å². The maximum absolute atomic E-state index is 6.15. The first kappa shape index (κ1) is 15.6. The first-order valence-electron chi connectivity index (χ1n) is 7.51. The third kappa shape index (κ3) is 4.11. The fourth-order valence-corrected chi connectivity index (χ4v) is 2.93. The predicted molar refractivity (Wildman–Crippen MR) is 85.7 cm³/mol. The van der Waals surface area contributed by atoms with Crippen molar-refractivity contribution >= 4 is 17.3 Å². The Morgan fingerprint density at radius 1 is 1.35 bits per heavy atom. The minimum Gasteiger partial charge on any atom is -0.381 e. The van der Waals surface area contributed by atoms with E-state index in [-0.39, 0.29) is 0 Å². The van der Waals surface area contributed by atoms with Crippen LogP contribution in [0, 0.1) is 0 Å². The number of benzene rings is 1. The molecule has 1 aliphatic heterocycles. The summed E-state index contributed by atoms with van der Waals surface area (Å²) in [6, 6.07) is 6.23. The average molecular weight is 297 g/mol. The Kier molecular flexibility index (Phi) is 6.14. The monoisotopic (exact) mass is 296 g/mol. The predicted octanol–water partition coefficient (Wildman–Crippen LogP) is 3.45. The summed E-state index contributed by atoms with van der Waals surface area (Å²) in [4.78, 5) is 2.45. The summed E-state index contributed by atoms with van der Waals surface area (Å²) in [5.74, 6) is 0. The molecule has 1 saturated heterocycles. The second-order valence-corrected chi connectivity index (χ2v) is 5.81. The van der Waals surface area contributed by atoms with Crippen LogP contribution in [-0.2, 0) is 11.3 Å². The van der Waals surface area contributed by atoms with Crippen LogP contribution in [0.3, 0.4) is 0 Å². The van der Waals surface area contributed by atoms with Crippen LogP contribution in [0.1, 0.15) is 31.7 Å². The van der Waals surface area contributed by atoms with Crippen molar-refractivity contribution in [2.45, 2.75) is 38.8 Å². The number of methoxy groups -OCH3 is 1. The zero-order chi connectivity index (χ0) is 14.4. The molecule has 0 radical (unpaired) electrons. The number of anilines is 1. The number of rotatable bonds is 6. The van der Waals surface area contributed by atoms with Crippen molar-refractivity contribution in [1.82, 2.24) is 5.32 Å². The highest BCUT2D eigenvalue weighted by atomic mass is 35.5. The summed E-state index contributed by atoms with van der Waals surface area (Å²) in [5.41, 5.74) is 2.61. The summed E-state index contributed by atoms with van der Waals surface area (Å²) >= 11 is 6.15. The molecule has 1 aromatic carbocycles. The van der Waals surface area contributed by atoms with Gasteiger partial charge >= 0.3 is 0 Å². The molecule has 0 spiro atoms. The van der Waals surface area contributed by atoms with Gasteiger partial charge in [-0.25, -0.2) is 0 Å². The molecule has 1 aliphatic rings. The van der Waals surface area contributed by atoms with Gasteiger partial charge in [0.15, 0.2) is 0 Å². The van der Waals surface area contributed by atoms with Crippen molar-refractivity contribution in [3.05, 3.63) is 28.8 Å². The van der Waals surface area contributed by atoms with Crippen LogP contribution in [0.2, 0.25) is 5.02 Å². The van der Waals surface area contributed by atoms with Gasteiger partial charge < -0.3 is 15.0 Å². The van der Waals surface area contributed by atoms with Crippen LogP contribution in [0.25, 0.3) is 0 Å². The molecule has 0 saturated carbocycles. The average Bonchev–Trinajstić information content (AvgIpc) is 2.48. The molecule has 0 atom stereocenters. The highest BCUT2D eigenvalue weighted by molar-refractivity contribution is 6.30. The molecular formula is C16H25ClN2O. The van der Waals surface area contributed by atoms with Crippen molar-refractivity contribution in [3.63, 3.8) is 0 Å². The van der Waals surface area contributed by atoms with E-state index < -0.39 is 0 Å². The van der Waals surface area contributed by atoms with Crippen molar-refractivity contribution in [1.29, 1.82) is 0 Å². The first-order chi connectivity index (χ1) is 9.74. The molecule has 0 unspecified atom stereocenters. The third-order valence-corrected chi connectivity index (χ3v) is 4.13. The number of nitrogens with zero attached hydrogens (tertiary/aromatic N) is 1. The van der Waals surface area contributed by atoms with Crippen LogP contribution in [0.15, 0.2) is 18.2 Å². The number of halogens is 1. The van der Waals surface area contributed by atoms with Crippen LogP contribution in [0.5, 0.6) is 0 Å². The molecule has 3 nitrogen and oxygen atoms in total. The number of nitrogens with one attached hydrogen (secondary N) is 1. The maximum Gasteiger partial charge on any atom is 0.0605 e. The van der Waals surface area contributed by atoms with Crippen LogP contribution >= 0.6 is 11.6 Å². The molecular weight excluding hydrogens is 272 g/mol. The van der Waals surface area contributed by atoms with Gasteiger partial charge in [-0.3, -0.25) is 0 Å². The van der Waals surface area contributed by atoms with Gasteiger partial charge in [0.05, 0.1) is 6.10 Å².